The van der Waals surface area contributed by atoms with Gasteiger partial charge in [0.25, 0.3) is 0 Å². The van der Waals surface area contributed by atoms with Gasteiger partial charge in [0.15, 0.2) is 0 Å². The summed E-state index contributed by atoms with van der Waals surface area (Å²) in [4.78, 5) is 15.5. The molecule has 0 saturated carbocycles. The summed E-state index contributed by atoms with van der Waals surface area (Å²) in [6.07, 6.45) is 0.965. The molecule has 1 fully saturated rings. The van der Waals surface area contributed by atoms with Crippen LogP contribution >= 0.6 is 11.6 Å². The first-order valence-electron chi connectivity index (χ1n) is 9.83. The van der Waals surface area contributed by atoms with Gasteiger partial charge in [0.1, 0.15) is 0 Å². The highest BCUT2D eigenvalue weighted by Crippen LogP contribution is 2.30. The third kappa shape index (κ3) is 6.04. The molecule has 1 aliphatic rings. The number of rotatable bonds is 9. The lowest BCUT2D eigenvalue weighted by molar-refractivity contribution is -0.135. The molecule has 2 N–H and O–H groups in total. The minimum atomic E-state index is -0.803. The first-order valence-corrected chi connectivity index (χ1v) is 10.2. The van der Waals surface area contributed by atoms with Crippen LogP contribution < -0.4 is 5.32 Å². The Kier molecular flexibility index (Phi) is 7.86. The number of nitrogens with zero attached hydrogens (tertiary/aromatic N) is 2. The molecule has 28 heavy (non-hydrogen) atoms. The summed E-state index contributed by atoms with van der Waals surface area (Å²) in [5.41, 5.74) is 2.57. The van der Waals surface area contributed by atoms with Gasteiger partial charge in [-0.3, -0.25) is 9.69 Å². The van der Waals surface area contributed by atoms with E-state index >= 15 is 0 Å². The van der Waals surface area contributed by atoms with Gasteiger partial charge in [0.05, 0.1) is 12.6 Å². The molecule has 6 heteroatoms. The number of halogens is 1. The van der Waals surface area contributed by atoms with Crippen LogP contribution in [0.5, 0.6) is 0 Å². The number of nitrogens with one attached hydrogen (secondary N) is 1. The van der Waals surface area contributed by atoms with E-state index in [-0.39, 0.29) is 12.6 Å². The van der Waals surface area contributed by atoms with Crippen LogP contribution in [0.4, 0.5) is 0 Å². The van der Waals surface area contributed by atoms with Crippen molar-refractivity contribution in [2.24, 2.45) is 0 Å². The molecule has 0 amide bonds. The second-order valence-electron chi connectivity index (χ2n) is 7.17. The molecule has 0 radical (unpaired) electrons. The third-order valence-electron chi connectivity index (χ3n) is 5.18. The summed E-state index contributed by atoms with van der Waals surface area (Å²) in [5.74, 6) is -0.803. The summed E-state index contributed by atoms with van der Waals surface area (Å²) in [7, 11) is 0. The maximum Gasteiger partial charge on any atom is 0.317 e. The molecule has 5 nitrogen and oxygen atoms in total. The van der Waals surface area contributed by atoms with Gasteiger partial charge in [-0.1, -0.05) is 54.1 Å². The number of carboxylic acid groups (broad SMARTS) is 1. The second kappa shape index (κ2) is 10.6. The second-order valence-corrected chi connectivity index (χ2v) is 7.60. The summed E-state index contributed by atoms with van der Waals surface area (Å²) in [6, 6.07) is 19.1. The summed E-state index contributed by atoms with van der Waals surface area (Å²) in [5, 5.41) is 12.4. The fourth-order valence-corrected chi connectivity index (χ4v) is 3.89. The lowest BCUT2D eigenvalue weighted by atomic mass is 9.96. The summed E-state index contributed by atoms with van der Waals surface area (Å²) in [6.45, 7) is 5.83. The Bertz CT molecular complexity index is 731. The first-order chi connectivity index (χ1) is 13.6. The minimum absolute atomic E-state index is 0.0353. The molecule has 3 rings (SSSR count). The number of hydrogen-bond acceptors (Lipinski definition) is 4. The quantitative estimate of drug-likeness (QED) is 0.632. The van der Waals surface area contributed by atoms with E-state index < -0.39 is 5.97 Å². The topological polar surface area (TPSA) is 55.8 Å². The van der Waals surface area contributed by atoms with E-state index in [1.807, 2.05) is 12.1 Å². The van der Waals surface area contributed by atoms with E-state index in [2.05, 4.69) is 57.6 Å². The number of benzene rings is 2. The minimum Gasteiger partial charge on any atom is -0.480 e. The fraction of sp³-hybridized carbons (Fsp3) is 0.409. The van der Waals surface area contributed by atoms with Crippen molar-refractivity contribution in [2.75, 3.05) is 45.8 Å². The average Bonchev–Trinajstić information content (AvgIpc) is 2.71. The van der Waals surface area contributed by atoms with Crippen LogP contribution in [-0.2, 0) is 4.79 Å². The van der Waals surface area contributed by atoms with Crippen LogP contribution in [0.2, 0.25) is 5.02 Å². The van der Waals surface area contributed by atoms with Crippen LogP contribution in [0.3, 0.4) is 0 Å². The molecular formula is C22H28ClN3O2. The molecule has 150 valence electrons. The molecule has 0 spiro atoms. The molecule has 1 atom stereocenters. The molecule has 1 saturated heterocycles. The molecule has 0 aromatic heterocycles. The number of hydrogen-bond donors (Lipinski definition) is 2. The predicted octanol–water partition coefficient (Wildman–Crippen LogP) is 3.11. The zero-order chi connectivity index (χ0) is 19.8. The van der Waals surface area contributed by atoms with Gasteiger partial charge >= 0.3 is 5.97 Å². The Morgan fingerprint density at radius 1 is 1.00 bits per heavy atom. The van der Waals surface area contributed by atoms with Gasteiger partial charge in [-0.05, 0) is 42.8 Å². The molecule has 0 unspecified atom stereocenters. The van der Waals surface area contributed by atoms with Crippen molar-refractivity contribution in [3.63, 3.8) is 0 Å². The molecule has 2 aromatic carbocycles. The van der Waals surface area contributed by atoms with E-state index in [9.17, 15) is 4.79 Å². The Hall–Kier alpha value is -1.92. The monoisotopic (exact) mass is 401 g/mol. The number of piperazine rings is 1. The summed E-state index contributed by atoms with van der Waals surface area (Å²) < 4.78 is 0. The normalized spacial score (nSPS) is 16.8. The average molecular weight is 402 g/mol. The lowest BCUT2D eigenvalue weighted by Gasteiger charge is -2.40. The van der Waals surface area contributed by atoms with Crippen LogP contribution in [-0.4, -0.2) is 66.7 Å². The Morgan fingerprint density at radius 2 is 1.64 bits per heavy atom. The standard InChI is InChI=1S/C22H28ClN3O2/c23-20-9-7-19(8-10-20)22(18-5-2-1-3-6-18)26-15-13-25(14-16-26)12-4-11-24-17-21(27)28/h1-3,5-10,22,24H,4,11-17H2,(H,27,28)/t22-/m1/s1. The van der Waals surface area contributed by atoms with Crippen molar-refractivity contribution >= 4 is 17.6 Å². The summed E-state index contributed by atoms with van der Waals surface area (Å²) >= 11 is 6.10. The zero-order valence-electron chi connectivity index (χ0n) is 16.1. The maximum absolute atomic E-state index is 10.5. The lowest BCUT2D eigenvalue weighted by Crippen LogP contribution is -2.48. The van der Waals surface area contributed by atoms with Crippen molar-refractivity contribution in [2.45, 2.75) is 12.5 Å². The zero-order valence-corrected chi connectivity index (χ0v) is 16.8. The van der Waals surface area contributed by atoms with Gasteiger partial charge in [-0.2, -0.15) is 0 Å². The number of aliphatic carboxylic acids is 1. The fourth-order valence-electron chi connectivity index (χ4n) is 3.76. The Morgan fingerprint density at radius 3 is 2.29 bits per heavy atom. The van der Waals surface area contributed by atoms with E-state index in [0.717, 1.165) is 50.7 Å². The highest BCUT2D eigenvalue weighted by Gasteiger charge is 2.26. The third-order valence-corrected chi connectivity index (χ3v) is 5.43. The van der Waals surface area contributed by atoms with Crippen molar-refractivity contribution in [1.82, 2.24) is 15.1 Å². The largest absolute Gasteiger partial charge is 0.480 e. The molecular weight excluding hydrogens is 374 g/mol. The Labute approximate surface area is 171 Å². The van der Waals surface area contributed by atoms with Crippen LogP contribution in [0.25, 0.3) is 0 Å². The van der Waals surface area contributed by atoms with E-state index in [0.29, 0.717) is 0 Å². The SMILES string of the molecule is O=C(O)CNCCCN1CCN([C@H](c2ccccc2)c2ccc(Cl)cc2)CC1. The first kappa shape index (κ1) is 20.8. The number of carboxylic acids is 1. The van der Waals surface area contributed by atoms with Gasteiger partial charge < -0.3 is 15.3 Å². The molecule has 2 aromatic rings. The van der Waals surface area contributed by atoms with Crippen LogP contribution in [0.1, 0.15) is 23.6 Å². The molecule has 1 aliphatic heterocycles. The van der Waals surface area contributed by atoms with Crippen molar-refractivity contribution in [3.05, 3.63) is 70.7 Å². The van der Waals surface area contributed by atoms with Gasteiger partial charge in [0, 0.05) is 31.2 Å². The van der Waals surface area contributed by atoms with Crippen LogP contribution in [0, 0.1) is 0 Å². The van der Waals surface area contributed by atoms with Gasteiger partial charge in [-0.15, -0.1) is 0 Å². The van der Waals surface area contributed by atoms with Gasteiger partial charge in [0.2, 0.25) is 0 Å². The van der Waals surface area contributed by atoms with Crippen molar-refractivity contribution in [3.8, 4) is 0 Å². The maximum atomic E-state index is 10.5. The van der Waals surface area contributed by atoms with E-state index in [1.165, 1.54) is 11.1 Å². The highest BCUT2D eigenvalue weighted by molar-refractivity contribution is 6.30. The van der Waals surface area contributed by atoms with Crippen LogP contribution in [0.15, 0.2) is 54.6 Å². The van der Waals surface area contributed by atoms with E-state index in [4.69, 9.17) is 16.7 Å². The Balaban J connectivity index is 1.57. The molecule has 0 bridgehead atoms. The van der Waals surface area contributed by atoms with Gasteiger partial charge in [-0.25, -0.2) is 0 Å². The predicted molar refractivity (Wildman–Crippen MR) is 113 cm³/mol. The molecule has 0 aliphatic carbocycles. The number of carbonyl (C=O) groups is 1. The molecule has 1 heterocycles. The van der Waals surface area contributed by atoms with E-state index in [1.54, 1.807) is 0 Å². The van der Waals surface area contributed by atoms with Crippen molar-refractivity contribution in [1.29, 1.82) is 0 Å². The highest BCUT2D eigenvalue weighted by atomic mass is 35.5. The van der Waals surface area contributed by atoms with Crippen molar-refractivity contribution < 1.29 is 9.90 Å². The smallest absolute Gasteiger partial charge is 0.317 e.